The Hall–Kier alpha value is -3.29. The number of hydrogen-bond donors (Lipinski definition) is 2. The molecule has 0 aliphatic heterocycles. The van der Waals surface area contributed by atoms with Crippen molar-refractivity contribution in [3.05, 3.63) is 70.9 Å². The van der Waals surface area contributed by atoms with Crippen molar-refractivity contribution in [2.45, 2.75) is 57.8 Å². The van der Waals surface area contributed by atoms with Gasteiger partial charge in [0.2, 0.25) is 0 Å². The molecule has 8 heteroatoms. The minimum Gasteiger partial charge on any atom is -0.481 e. The van der Waals surface area contributed by atoms with Crippen LogP contribution in [-0.4, -0.2) is 27.1 Å². The summed E-state index contributed by atoms with van der Waals surface area (Å²) >= 11 is 0. The first-order valence-electron chi connectivity index (χ1n) is 11.8. The molecule has 1 aromatic heterocycles. The molecule has 0 unspecified atom stereocenters. The number of amides is 1. The lowest BCUT2D eigenvalue weighted by atomic mass is 9.32. The van der Waals surface area contributed by atoms with Crippen LogP contribution in [0.1, 0.15) is 60.2 Å². The van der Waals surface area contributed by atoms with E-state index >= 15 is 0 Å². The number of benzene rings is 2. The first kappa shape index (κ1) is 23.5. The summed E-state index contributed by atoms with van der Waals surface area (Å²) in [6.45, 7) is 4.65. The average molecular weight is 485 g/mol. The van der Waals surface area contributed by atoms with Gasteiger partial charge in [-0.1, -0.05) is 31.2 Å². The molecule has 2 N–H and O–H groups in total. The van der Waals surface area contributed by atoms with E-state index in [0.29, 0.717) is 31.4 Å². The van der Waals surface area contributed by atoms with Gasteiger partial charge in [0.1, 0.15) is 0 Å². The summed E-state index contributed by atoms with van der Waals surface area (Å²) < 4.78 is 40.8. The number of rotatable bonds is 7. The number of hydrogen-bond acceptors (Lipinski definition) is 2. The molecular weight excluding hydrogens is 457 g/mol. The first-order chi connectivity index (χ1) is 16.5. The zero-order valence-corrected chi connectivity index (χ0v) is 19.6. The van der Waals surface area contributed by atoms with Crippen LogP contribution in [-0.2, 0) is 23.9 Å². The van der Waals surface area contributed by atoms with E-state index in [0.717, 1.165) is 34.2 Å². The molecular formula is C27H27F3N2O3. The second-order valence-corrected chi connectivity index (χ2v) is 10.1. The van der Waals surface area contributed by atoms with Gasteiger partial charge in [-0.25, -0.2) is 0 Å². The van der Waals surface area contributed by atoms with E-state index in [-0.39, 0.29) is 29.2 Å². The third-order valence-corrected chi connectivity index (χ3v) is 8.20. The number of halogens is 3. The number of alkyl halides is 3. The Morgan fingerprint density at radius 3 is 2.40 bits per heavy atom. The van der Waals surface area contributed by atoms with Crippen molar-refractivity contribution in [1.29, 1.82) is 0 Å². The maximum Gasteiger partial charge on any atom is 0.416 e. The van der Waals surface area contributed by atoms with E-state index in [1.54, 1.807) is 0 Å². The number of nitrogens with one attached hydrogen (secondary N) is 1. The van der Waals surface area contributed by atoms with Crippen LogP contribution in [0.3, 0.4) is 0 Å². The minimum atomic E-state index is -4.39. The molecule has 3 saturated carbocycles. The van der Waals surface area contributed by atoms with Gasteiger partial charge in [0.15, 0.2) is 0 Å². The Bertz CT molecular complexity index is 1320. The first-order valence-corrected chi connectivity index (χ1v) is 11.8. The van der Waals surface area contributed by atoms with E-state index in [1.807, 2.05) is 42.8 Å². The number of aromatic nitrogens is 1. The van der Waals surface area contributed by atoms with Gasteiger partial charge in [0, 0.05) is 29.2 Å². The third kappa shape index (κ3) is 3.70. The van der Waals surface area contributed by atoms with Crippen molar-refractivity contribution in [1.82, 2.24) is 9.88 Å². The zero-order valence-electron chi connectivity index (χ0n) is 19.6. The van der Waals surface area contributed by atoms with E-state index < -0.39 is 17.7 Å². The van der Waals surface area contributed by atoms with E-state index in [9.17, 15) is 27.9 Å². The van der Waals surface area contributed by atoms with Gasteiger partial charge in [-0.05, 0) is 66.8 Å². The highest BCUT2D eigenvalue weighted by molar-refractivity contribution is 6.08. The van der Waals surface area contributed by atoms with Crippen molar-refractivity contribution in [3.63, 3.8) is 0 Å². The van der Waals surface area contributed by atoms with Gasteiger partial charge >= 0.3 is 12.1 Å². The lowest BCUT2D eigenvalue weighted by Gasteiger charge is -2.75. The molecule has 3 fully saturated rings. The molecule has 0 radical (unpaired) electrons. The fourth-order valence-electron chi connectivity index (χ4n) is 6.25. The molecule has 6 rings (SSSR count). The Kier molecular flexibility index (Phi) is 5.27. The average Bonchev–Trinajstić information content (AvgIpc) is 3.17. The quantitative estimate of drug-likeness (QED) is 0.456. The summed E-state index contributed by atoms with van der Waals surface area (Å²) in [7, 11) is 0. The number of fused-ring (bicyclic) bond motifs is 1. The number of carbonyl (C=O) groups is 2. The molecule has 1 amide bonds. The number of aryl methyl sites for hydroxylation is 1. The van der Waals surface area contributed by atoms with Gasteiger partial charge in [0.05, 0.1) is 17.5 Å². The van der Waals surface area contributed by atoms with Crippen molar-refractivity contribution in [2.24, 2.45) is 11.3 Å². The van der Waals surface area contributed by atoms with Crippen LogP contribution in [0, 0.1) is 11.3 Å². The van der Waals surface area contributed by atoms with Crippen LogP contribution >= 0.6 is 0 Å². The summed E-state index contributed by atoms with van der Waals surface area (Å²) in [5.74, 6) is -0.908. The molecule has 1 heterocycles. The van der Waals surface area contributed by atoms with Gasteiger partial charge < -0.3 is 15.0 Å². The van der Waals surface area contributed by atoms with Crippen molar-refractivity contribution < 1.29 is 27.9 Å². The second-order valence-electron chi connectivity index (χ2n) is 10.1. The maximum atomic E-state index is 13.5. The van der Waals surface area contributed by atoms with E-state index in [1.165, 1.54) is 12.1 Å². The van der Waals surface area contributed by atoms with Crippen LogP contribution in [0.2, 0.25) is 0 Å². The summed E-state index contributed by atoms with van der Waals surface area (Å²) in [5, 5.41) is 13.2. The lowest BCUT2D eigenvalue weighted by molar-refractivity contribution is -0.222. The fourth-order valence-corrected chi connectivity index (χ4v) is 6.25. The topological polar surface area (TPSA) is 71.3 Å². The number of carbonyl (C=O) groups excluding carboxylic acids is 1. The smallest absolute Gasteiger partial charge is 0.416 e. The SMILES string of the molecule is CCn1cc(C(=O)NC23CC(CC(=O)O)(C2)[C@@H]3C)c2c(Cc3ccc(C(F)(F)F)cc3)cccc21. The number of carboxylic acids is 1. The number of carboxylic acid groups (broad SMARTS) is 1. The number of aliphatic carboxylic acids is 1. The van der Waals surface area contributed by atoms with Crippen molar-refractivity contribution in [3.8, 4) is 0 Å². The predicted octanol–water partition coefficient (Wildman–Crippen LogP) is 5.64. The molecule has 3 aromatic rings. The summed E-state index contributed by atoms with van der Waals surface area (Å²) in [5.41, 5.74) is 1.76. The highest BCUT2D eigenvalue weighted by atomic mass is 19.4. The molecule has 3 aliphatic rings. The Morgan fingerprint density at radius 2 is 1.83 bits per heavy atom. The van der Waals surface area contributed by atoms with Gasteiger partial charge in [0.25, 0.3) is 5.91 Å². The molecule has 5 nitrogen and oxygen atoms in total. The standard InChI is InChI=1S/C27H27F3N2O3/c1-3-32-13-20(24(35)31-26-14-25(15-26,16(26)2)12-22(33)34)23-18(5-4-6-21(23)32)11-17-7-9-19(10-8-17)27(28,29)30/h4-10,13,16H,3,11-12,14-15H2,1-2H3,(H,31,35)(H,33,34)/t16-,25?,26?/m0/s1. The fraction of sp³-hybridized carbons (Fsp3) is 0.407. The predicted molar refractivity (Wildman–Crippen MR) is 125 cm³/mol. The molecule has 2 aromatic carbocycles. The summed E-state index contributed by atoms with van der Waals surface area (Å²) in [6, 6.07) is 10.9. The largest absolute Gasteiger partial charge is 0.481 e. The molecule has 35 heavy (non-hydrogen) atoms. The zero-order chi connectivity index (χ0) is 25.2. The number of nitrogens with zero attached hydrogens (tertiary/aromatic N) is 1. The molecule has 184 valence electrons. The van der Waals surface area contributed by atoms with Crippen LogP contribution in [0.15, 0.2) is 48.7 Å². The van der Waals surface area contributed by atoms with Crippen LogP contribution < -0.4 is 5.32 Å². The summed E-state index contributed by atoms with van der Waals surface area (Å²) in [4.78, 5) is 24.7. The van der Waals surface area contributed by atoms with Crippen LogP contribution in [0.4, 0.5) is 13.2 Å². The Balaban J connectivity index is 1.44. The molecule has 1 atom stereocenters. The minimum absolute atomic E-state index is 0.0983. The van der Waals surface area contributed by atoms with Gasteiger partial charge in [-0.2, -0.15) is 13.2 Å². The maximum absolute atomic E-state index is 13.5. The Morgan fingerprint density at radius 1 is 1.14 bits per heavy atom. The monoisotopic (exact) mass is 484 g/mol. The molecule has 3 aliphatic carbocycles. The highest BCUT2D eigenvalue weighted by Crippen LogP contribution is 2.72. The molecule has 0 spiro atoms. The normalized spacial score (nSPS) is 25.1. The van der Waals surface area contributed by atoms with Crippen LogP contribution in [0.25, 0.3) is 10.9 Å². The Labute approximate surface area is 200 Å². The highest BCUT2D eigenvalue weighted by Gasteiger charge is 2.74. The molecule has 0 saturated heterocycles. The lowest BCUT2D eigenvalue weighted by Crippen LogP contribution is -2.81. The van der Waals surface area contributed by atoms with Gasteiger partial charge in [-0.15, -0.1) is 0 Å². The second kappa shape index (κ2) is 7.86. The van der Waals surface area contributed by atoms with E-state index in [2.05, 4.69) is 5.32 Å². The van der Waals surface area contributed by atoms with Crippen LogP contribution in [0.5, 0.6) is 0 Å². The van der Waals surface area contributed by atoms with Crippen molar-refractivity contribution in [2.75, 3.05) is 0 Å². The molecule has 2 bridgehead atoms. The summed E-state index contributed by atoms with van der Waals surface area (Å²) in [6.07, 6.45) is -0.692. The van der Waals surface area contributed by atoms with Crippen molar-refractivity contribution >= 4 is 22.8 Å². The third-order valence-electron chi connectivity index (χ3n) is 8.20. The van der Waals surface area contributed by atoms with E-state index in [4.69, 9.17) is 0 Å². The van der Waals surface area contributed by atoms with Gasteiger partial charge in [-0.3, -0.25) is 9.59 Å².